The van der Waals surface area contributed by atoms with Crippen molar-refractivity contribution in [1.29, 1.82) is 0 Å². The predicted molar refractivity (Wildman–Crippen MR) is 66.7 cm³/mol. The van der Waals surface area contributed by atoms with Gasteiger partial charge in [0.2, 0.25) is 0 Å². The minimum absolute atomic E-state index is 0.193. The largest absolute Gasteiger partial charge is 0.309 e. The Balaban J connectivity index is 2.37. The molecule has 0 bridgehead atoms. The van der Waals surface area contributed by atoms with Crippen molar-refractivity contribution < 1.29 is 0 Å². The zero-order valence-corrected chi connectivity index (χ0v) is 9.98. The van der Waals surface area contributed by atoms with Gasteiger partial charge in [-0.15, -0.1) is 11.3 Å². The monoisotopic (exact) mass is 237 g/mol. The summed E-state index contributed by atoms with van der Waals surface area (Å²) in [4.78, 5) is 1.17. The summed E-state index contributed by atoms with van der Waals surface area (Å²) in [7, 11) is 1.95. The maximum Gasteiger partial charge on any atom is 0.0683 e. The van der Waals surface area contributed by atoms with Crippen LogP contribution >= 0.6 is 22.9 Å². The van der Waals surface area contributed by atoms with E-state index in [0.717, 1.165) is 5.02 Å². The molecule has 1 aromatic carbocycles. The SMILES string of the molecule is CNC(c1ccccc1)c1sccc1Cl. The van der Waals surface area contributed by atoms with Crippen molar-refractivity contribution in [2.45, 2.75) is 6.04 Å². The summed E-state index contributed by atoms with van der Waals surface area (Å²) in [5.41, 5.74) is 1.24. The van der Waals surface area contributed by atoms with Crippen molar-refractivity contribution in [3.8, 4) is 0 Å². The van der Waals surface area contributed by atoms with E-state index in [-0.39, 0.29) is 6.04 Å². The molecular formula is C12H12ClNS. The van der Waals surface area contributed by atoms with Crippen LogP contribution in [0.1, 0.15) is 16.5 Å². The molecule has 0 aliphatic carbocycles. The summed E-state index contributed by atoms with van der Waals surface area (Å²) in [5, 5.41) is 6.14. The van der Waals surface area contributed by atoms with Crippen LogP contribution in [0.5, 0.6) is 0 Å². The molecule has 0 saturated carbocycles. The Labute approximate surface area is 98.7 Å². The maximum atomic E-state index is 6.13. The zero-order chi connectivity index (χ0) is 10.7. The van der Waals surface area contributed by atoms with Gasteiger partial charge in [0.1, 0.15) is 0 Å². The summed E-state index contributed by atoms with van der Waals surface area (Å²) in [6.45, 7) is 0. The van der Waals surface area contributed by atoms with Crippen LogP contribution < -0.4 is 5.32 Å². The van der Waals surface area contributed by atoms with E-state index < -0.39 is 0 Å². The van der Waals surface area contributed by atoms with Crippen LogP contribution in [0.25, 0.3) is 0 Å². The number of nitrogens with one attached hydrogen (secondary N) is 1. The molecular weight excluding hydrogens is 226 g/mol. The van der Waals surface area contributed by atoms with Gasteiger partial charge in [0.15, 0.2) is 0 Å². The van der Waals surface area contributed by atoms with Crippen LogP contribution in [0.4, 0.5) is 0 Å². The summed E-state index contributed by atoms with van der Waals surface area (Å²) in [6.07, 6.45) is 0. The molecule has 3 heteroatoms. The molecule has 1 atom stereocenters. The molecule has 15 heavy (non-hydrogen) atoms. The van der Waals surface area contributed by atoms with E-state index in [1.54, 1.807) is 11.3 Å². The van der Waals surface area contributed by atoms with Gasteiger partial charge in [-0.3, -0.25) is 0 Å². The Morgan fingerprint density at radius 1 is 1.20 bits per heavy atom. The average molecular weight is 238 g/mol. The molecule has 0 aliphatic heterocycles. The summed E-state index contributed by atoms with van der Waals surface area (Å²) in [6, 6.07) is 12.5. The van der Waals surface area contributed by atoms with Crippen molar-refractivity contribution in [3.05, 3.63) is 57.2 Å². The summed E-state index contributed by atoms with van der Waals surface area (Å²) >= 11 is 7.82. The van der Waals surface area contributed by atoms with E-state index in [4.69, 9.17) is 11.6 Å². The Morgan fingerprint density at radius 2 is 1.93 bits per heavy atom. The normalized spacial score (nSPS) is 12.7. The maximum absolute atomic E-state index is 6.13. The lowest BCUT2D eigenvalue weighted by Crippen LogP contribution is -2.16. The molecule has 0 aliphatic rings. The highest BCUT2D eigenvalue weighted by molar-refractivity contribution is 7.10. The fourth-order valence-electron chi connectivity index (χ4n) is 1.61. The molecule has 2 aromatic rings. The lowest BCUT2D eigenvalue weighted by molar-refractivity contribution is 0.704. The van der Waals surface area contributed by atoms with Crippen LogP contribution in [0, 0.1) is 0 Å². The molecule has 1 heterocycles. The lowest BCUT2D eigenvalue weighted by Gasteiger charge is -2.15. The number of rotatable bonds is 3. The topological polar surface area (TPSA) is 12.0 Å². The second-order valence-corrected chi connectivity index (χ2v) is 4.62. The Hall–Kier alpha value is -0.830. The lowest BCUT2D eigenvalue weighted by atomic mass is 10.1. The second-order valence-electron chi connectivity index (χ2n) is 3.27. The van der Waals surface area contributed by atoms with E-state index in [2.05, 4.69) is 17.4 Å². The molecule has 0 spiro atoms. The third kappa shape index (κ3) is 2.23. The first kappa shape index (κ1) is 10.7. The van der Waals surface area contributed by atoms with Gasteiger partial charge in [0, 0.05) is 4.88 Å². The molecule has 2 rings (SSSR count). The third-order valence-corrected chi connectivity index (χ3v) is 3.75. The first-order chi connectivity index (χ1) is 7.33. The van der Waals surface area contributed by atoms with Gasteiger partial charge in [-0.25, -0.2) is 0 Å². The van der Waals surface area contributed by atoms with Crippen molar-refractivity contribution in [1.82, 2.24) is 5.32 Å². The molecule has 1 aromatic heterocycles. The summed E-state index contributed by atoms with van der Waals surface area (Å²) < 4.78 is 0. The van der Waals surface area contributed by atoms with Crippen molar-refractivity contribution in [2.75, 3.05) is 7.05 Å². The van der Waals surface area contributed by atoms with Crippen molar-refractivity contribution >= 4 is 22.9 Å². The number of benzene rings is 1. The highest BCUT2D eigenvalue weighted by atomic mass is 35.5. The molecule has 0 radical (unpaired) electrons. The fourth-order valence-corrected chi connectivity index (χ4v) is 2.91. The van der Waals surface area contributed by atoms with Gasteiger partial charge in [0.05, 0.1) is 11.1 Å². The molecule has 1 nitrogen and oxygen atoms in total. The molecule has 78 valence electrons. The van der Waals surface area contributed by atoms with E-state index in [1.165, 1.54) is 10.4 Å². The summed E-state index contributed by atoms with van der Waals surface area (Å²) in [5.74, 6) is 0. The Kier molecular flexibility index (Phi) is 3.41. The highest BCUT2D eigenvalue weighted by Crippen LogP contribution is 2.32. The molecule has 1 unspecified atom stereocenters. The van der Waals surface area contributed by atoms with E-state index in [9.17, 15) is 0 Å². The minimum atomic E-state index is 0.193. The van der Waals surface area contributed by atoms with Gasteiger partial charge in [-0.2, -0.15) is 0 Å². The van der Waals surface area contributed by atoms with Crippen LogP contribution in [0.3, 0.4) is 0 Å². The Bertz CT molecular complexity index is 424. The minimum Gasteiger partial charge on any atom is -0.309 e. The number of halogens is 1. The first-order valence-electron chi connectivity index (χ1n) is 4.78. The fraction of sp³-hybridized carbons (Fsp3) is 0.167. The van der Waals surface area contributed by atoms with E-state index in [0.29, 0.717) is 0 Å². The Morgan fingerprint density at radius 3 is 2.47 bits per heavy atom. The van der Waals surface area contributed by atoms with Crippen molar-refractivity contribution in [3.63, 3.8) is 0 Å². The second kappa shape index (κ2) is 4.79. The first-order valence-corrected chi connectivity index (χ1v) is 6.04. The van der Waals surface area contributed by atoms with Gasteiger partial charge < -0.3 is 5.32 Å². The molecule has 0 fully saturated rings. The zero-order valence-electron chi connectivity index (χ0n) is 8.41. The average Bonchev–Trinajstić information content (AvgIpc) is 2.68. The molecule has 0 amide bonds. The van der Waals surface area contributed by atoms with Crippen LogP contribution in [-0.4, -0.2) is 7.05 Å². The number of hydrogen-bond acceptors (Lipinski definition) is 2. The van der Waals surface area contributed by atoms with E-state index in [1.807, 2.05) is 36.7 Å². The van der Waals surface area contributed by atoms with Gasteiger partial charge in [-0.05, 0) is 24.1 Å². The number of thiophene rings is 1. The van der Waals surface area contributed by atoms with Gasteiger partial charge >= 0.3 is 0 Å². The van der Waals surface area contributed by atoms with Gasteiger partial charge in [0.25, 0.3) is 0 Å². The van der Waals surface area contributed by atoms with Gasteiger partial charge in [-0.1, -0.05) is 41.9 Å². The van der Waals surface area contributed by atoms with Crippen molar-refractivity contribution in [2.24, 2.45) is 0 Å². The van der Waals surface area contributed by atoms with Crippen LogP contribution in [0.2, 0.25) is 5.02 Å². The smallest absolute Gasteiger partial charge is 0.0683 e. The third-order valence-electron chi connectivity index (χ3n) is 2.33. The highest BCUT2D eigenvalue weighted by Gasteiger charge is 2.15. The van der Waals surface area contributed by atoms with Crippen LogP contribution in [0.15, 0.2) is 41.8 Å². The standard InChI is InChI=1S/C12H12ClNS/c1-14-11(9-5-3-2-4-6-9)12-10(13)7-8-15-12/h2-8,11,14H,1H3. The molecule has 0 saturated heterocycles. The number of hydrogen-bond donors (Lipinski definition) is 1. The van der Waals surface area contributed by atoms with E-state index >= 15 is 0 Å². The predicted octanol–water partition coefficient (Wildman–Crippen LogP) is 3.71. The quantitative estimate of drug-likeness (QED) is 0.858. The molecule has 1 N–H and O–H groups in total. The van der Waals surface area contributed by atoms with Crippen LogP contribution in [-0.2, 0) is 0 Å².